The highest BCUT2D eigenvalue weighted by atomic mass is 16.5. The molecule has 0 aliphatic carbocycles. The average Bonchev–Trinajstić information content (AvgIpc) is 2.63. The van der Waals surface area contributed by atoms with Gasteiger partial charge in [0.2, 0.25) is 5.91 Å². The number of amides is 3. The van der Waals surface area contributed by atoms with Crippen LogP contribution in [0.2, 0.25) is 0 Å². The Kier molecular flexibility index (Phi) is 4.65. The van der Waals surface area contributed by atoms with Crippen LogP contribution in [0.15, 0.2) is 18.2 Å². The highest BCUT2D eigenvalue weighted by Crippen LogP contribution is 2.35. The molecule has 0 atom stereocenters. The zero-order valence-electron chi connectivity index (χ0n) is 14.8. The predicted octanol–water partition coefficient (Wildman–Crippen LogP) is 0.982. The third kappa shape index (κ3) is 3.18. The molecule has 0 unspecified atom stereocenters. The number of rotatable bonds is 2. The Morgan fingerprint density at radius 3 is 2.36 bits per heavy atom. The number of para-hydroxylation sites is 1. The molecule has 1 aromatic rings. The van der Waals surface area contributed by atoms with Crippen molar-refractivity contribution < 1.29 is 19.1 Å². The third-order valence-corrected chi connectivity index (χ3v) is 4.66. The fourth-order valence-corrected chi connectivity index (χ4v) is 3.18. The molecular formula is C18H23N3O4. The number of ether oxygens (including phenoxy) is 1. The van der Waals surface area contributed by atoms with Crippen LogP contribution in [0.25, 0.3) is 0 Å². The summed E-state index contributed by atoms with van der Waals surface area (Å²) in [5.74, 6) is 0.295. The summed E-state index contributed by atoms with van der Waals surface area (Å²) in [5, 5.41) is 0. The van der Waals surface area contributed by atoms with E-state index in [1.807, 2.05) is 13.8 Å². The lowest BCUT2D eigenvalue weighted by atomic mass is 10.1. The summed E-state index contributed by atoms with van der Waals surface area (Å²) in [4.78, 5) is 42.0. The molecule has 0 aromatic heterocycles. The molecule has 0 saturated carbocycles. The minimum atomic E-state index is -0.180. The second kappa shape index (κ2) is 6.74. The lowest BCUT2D eigenvalue weighted by molar-refractivity contribution is -0.135. The molecule has 0 radical (unpaired) electrons. The first-order valence-corrected chi connectivity index (χ1v) is 8.50. The molecule has 0 bridgehead atoms. The fraction of sp³-hybridized carbons (Fsp3) is 0.500. The van der Waals surface area contributed by atoms with Crippen LogP contribution in [-0.2, 0) is 9.59 Å². The van der Waals surface area contributed by atoms with Crippen molar-refractivity contribution in [2.45, 2.75) is 13.8 Å². The summed E-state index contributed by atoms with van der Waals surface area (Å²) in [6.07, 6.45) is 0. The molecule has 1 aromatic carbocycles. The Balaban J connectivity index is 1.77. The van der Waals surface area contributed by atoms with Gasteiger partial charge in [0.25, 0.3) is 11.8 Å². The summed E-state index contributed by atoms with van der Waals surface area (Å²) < 4.78 is 5.44. The molecule has 0 spiro atoms. The molecular weight excluding hydrogens is 322 g/mol. The van der Waals surface area contributed by atoms with Crippen LogP contribution in [0, 0.1) is 5.92 Å². The number of benzene rings is 1. The molecule has 2 aliphatic heterocycles. The van der Waals surface area contributed by atoms with E-state index in [2.05, 4.69) is 0 Å². The Labute approximate surface area is 147 Å². The maximum Gasteiger partial charge on any atom is 0.264 e. The van der Waals surface area contributed by atoms with E-state index in [-0.39, 0.29) is 30.2 Å². The number of fused-ring (bicyclic) bond motifs is 1. The fourth-order valence-electron chi connectivity index (χ4n) is 3.18. The van der Waals surface area contributed by atoms with E-state index in [1.54, 1.807) is 35.0 Å². The molecule has 1 saturated heterocycles. The van der Waals surface area contributed by atoms with E-state index in [0.717, 1.165) is 0 Å². The Morgan fingerprint density at radius 2 is 1.72 bits per heavy atom. The number of anilines is 1. The maximum atomic E-state index is 13.0. The molecule has 3 amide bonds. The number of hydrogen-bond donors (Lipinski definition) is 0. The van der Waals surface area contributed by atoms with Crippen LogP contribution in [0.3, 0.4) is 0 Å². The van der Waals surface area contributed by atoms with Gasteiger partial charge in [-0.15, -0.1) is 0 Å². The largest absolute Gasteiger partial charge is 0.482 e. The minimum Gasteiger partial charge on any atom is -0.482 e. The predicted molar refractivity (Wildman–Crippen MR) is 92.7 cm³/mol. The third-order valence-electron chi connectivity index (χ3n) is 4.66. The molecule has 2 aliphatic rings. The quantitative estimate of drug-likeness (QED) is 0.801. The van der Waals surface area contributed by atoms with E-state index in [0.29, 0.717) is 43.2 Å². The van der Waals surface area contributed by atoms with Crippen LogP contribution >= 0.6 is 0 Å². The van der Waals surface area contributed by atoms with E-state index < -0.39 is 0 Å². The summed E-state index contributed by atoms with van der Waals surface area (Å²) in [7, 11) is 1.65. The molecule has 25 heavy (non-hydrogen) atoms. The van der Waals surface area contributed by atoms with Crippen LogP contribution in [-0.4, -0.2) is 67.4 Å². The monoisotopic (exact) mass is 345 g/mol. The maximum absolute atomic E-state index is 13.0. The normalized spacial score (nSPS) is 17.4. The summed E-state index contributed by atoms with van der Waals surface area (Å²) in [5.41, 5.74) is 0.973. The first-order chi connectivity index (χ1) is 11.9. The summed E-state index contributed by atoms with van der Waals surface area (Å²) in [6, 6.07) is 5.23. The van der Waals surface area contributed by atoms with Gasteiger partial charge >= 0.3 is 0 Å². The Morgan fingerprint density at radius 1 is 1.08 bits per heavy atom. The Bertz CT molecular complexity index is 708. The van der Waals surface area contributed by atoms with Crippen molar-refractivity contribution in [1.29, 1.82) is 0 Å². The average molecular weight is 345 g/mol. The number of carbonyl (C=O) groups excluding carboxylic acids is 3. The van der Waals surface area contributed by atoms with E-state index in [4.69, 9.17) is 4.74 Å². The van der Waals surface area contributed by atoms with E-state index >= 15 is 0 Å². The van der Waals surface area contributed by atoms with Crippen LogP contribution in [0.5, 0.6) is 5.75 Å². The first-order valence-electron chi connectivity index (χ1n) is 8.50. The van der Waals surface area contributed by atoms with Gasteiger partial charge in [0.1, 0.15) is 5.75 Å². The Hall–Kier alpha value is -2.57. The molecule has 7 heteroatoms. The summed E-state index contributed by atoms with van der Waals surface area (Å²) in [6.45, 7) is 5.77. The lowest BCUT2D eigenvalue weighted by Crippen LogP contribution is -2.51. The van der Waals surface area contributed by atoms with Crippen molar-refractivity contribution in [2.24, 2.45) is 5.92 Å². The zero-order chi connectivity index (χ0) is 18.1. The van der Waals surface area contributed by atoms with Crippen LogP contribution < -0.4 is 9.64 Å². The number of carbonyl (C=O) groups is 3. The second-order valence-electron chi connectivity index (χ2n) is 6.67. The van der Waals surface area contributed by atoms with Crippen molar-refractivity contribution in [1.82, 2.24) is 9.80 Å². The van der Waals surface area contributed by atoms with Crippen molar-refractivity contribution >= 4 is 23.4 Å². The van der Waals surface area contributed by atoms with Gasteiger partial charge in [-0.05, 0) is 12.1 Å². The molecule has 134 valence electrons. The van der Waals surface area contributed by atoms with Gasteiger partial charge < -0.3 is 19.4 Å². The van der Waals surface area contributed by atoms with Gasteiger partial charge in [-0.2, -0.15) is 0 Å². The van der Waals surface area contributed by atoms with Gasteiger partial charge in [-0.25, -0.2) is 0 Å². The highest BCUT2D eigenvalue weighted by Gasteiger charge is 2.31. The van der Waals surface area contributed by atoms with Gasteiger partial charge in [0, 0.05) is 39.1 Å². The lowest BCUT2D eigenvalue weighted by Gasteiger charge is -2.36. The molecule has 0 N–H and O–H groups in total. The number of piperazine rings is 1. The SMILES string of the molecule is CC(C)C(=O)N1CCN(C(=O)c2cccc3c2N(C)C(=O)CO3)CC1. The van der Waals surface area contributed by atoms with Gasteiger partial charge in [0.15, 0.2) is 6.61 Å². The second-order valence-corrected chi connectivity index (χ2v) is 6.67. The topological polar surface area (TPSA) is 70.2 Å². The van der Waals surface area contributed by atoms with Crippen molar-refractivity contribution in [3.8, 4) is 5.75 Å². The standard InChI is InChI=1S/C18H23N3O4/c1-12(2)17(23)20-7-9-21(10-8-20)18(24)13-5-4-6-14-16(13)19(3)15(22)11-25-14/h4-6,12H,7-11H2,1-3H3. The number of likely N-dealkylation sites (N-methyl/N-ethyl adjacent to an activating group) is 1. The van der Waals surface area contributed by atoms with E-state index in [1.165, 1.54) is 4.90 Å². The summed E-state index contributed by atoms with van der Waals surface area (Å²) >= 11 is 0. The van der Waals surface area contributed by atoms with Gasteiger partial charge in [0.05, 0.1) is 11.3 Å². The first kappa shape index (κ1) is 17.3. The number of hydrogen-bond acceptors (Lipinski definition) is 4. The van der Waals surface area contributed by atoms with E-state index in [9.17, 15) is 14.4 Å². The molecule has 1 fully saturated rings. The van der Waals surface area contributed by atoms with Gasteiger partial charge in [-0.1, -0.05) is 19.9 Å². The van der Waals surface area contributed by atoms with Crippen LogP contribution in [0.1, 0.15) is 24.2 Å². The highest BCUT2D eigenvalue weighted by molar-refractivity contribution is 6.07. The zero-order valence-corrected chi connectivity index (χ0v) is 14.8. The minimum absolute atomic E-state index is 0.0167. The van der Waals surface area contributed by atoms with Crippen molar-refractivity contribution in [3.63, 3.8) is 0 Å². The van der Waals surface area contributed by atoms with Crippen molar-refractivity contribution in [2.75, 3.05) is 44.7 Å². The molecule has 7 nitrogen and oxygen atoms in total. The molecule has 2 heterocycles. The number of nitrogens with zero attached hydrogens (tertiary/aromatic N) is 3. The molecule has 3 rings (SSSR count). The smallest absolute Gasteiger partial charge is 0.264 e. The van der Waals surface area contributed by atoms with Crippen LogP contribution in [0.4, 0.5) is 5.69 Å². The van der Waals surface area contributed by atoms with Gasteiger partial charge in [-0.3, -0.25) is 14.4 Å². The van der Waals surface area contributed by atoms with Crippen molar-refractivity contribution in [3.05, 3.63) is 23.8 Å².